The van der Waals surface area contributed by atoms with E-state index in [1.807, 2.05) is 95.2 Å². The number of rotatable bonds is 10. The molecule has 6 aromatic rings. The van der Waals surface area contributed by atoms with Crippen molar-refractivity contribution in [3.63, 3.8) is 0 Å². The normalized spacial score (nSPS) is 12.3. The van der Waals surface area contributed by atoms with Crippen LogP contribution >= 0.6 is 11.3 Å². The number of benzene rings is 4. The van der Waals surface area contributed by atoms with Gasteiger partial charge in [-0.05, 0) is 92.3 Å². The summed E-state index contributed by atoms with van der Waals surface area (Å²) in [5, 5.41) is 5.23. The topological polar surface area (TPSA) is 123 Å². The molecule has 11 nitrogen and oxygen atoms in total. The van der Waals surface area contributed by atoms with E-state index in [9.17, 15) is 14.4 Å². The summed E-state index contributed by atoms with van der Waals surface area (Å²) in [5.74, 6) is -0.00907. The minimum atomic E-state index is -0.619. The zero-order chi connectivity index (χ0) is 39.9. The first kappa shape index (κ1) is 38.7. The number of carbonyl (C=O) groups is 3. The van der Waals surface area contributed by atoms with Gasteiger partial charge in [0.1, 0.15) is 18.0 Å². The summed E-state index contributed by atoms with van der Waals surface area (Å²) in [7, 11) is 1.34. The highest BCUT2D eigenvalue weighted by molar-refractivity contribution is 7.13. The van der Waals surface area contributed by atoms with Gasteiger partial charge in [0.05, 0.1) is 19.3 Å². The van der Waals surface area contributed by atoms with Crippen molar-refractivity contribution in [1.82, 2.24) is 9.97 Å². The Kier molecular flexibility index (Phi) is 11.6. The number of esters is 1. The molecule has 0 spiro atoms. The molecule has 0 aliphatic carbocycles. The van der Waals surface area contributed by atoms with E-state index in [0.717, 1.165) is 46.3 Å². The molecule has 1 N–H and O–H groups in total. The quantitative estimate of drug-likeness (QED) is 0.136. The Hall–Kier alpha value is -6.53. The molecule has 0 atom stereocenters. The molecule has 4 aromatic carbocycles. The van der Waals surface area contributed by atoms with Crippen molar-refractivity contribution in [2.24, 2.45) is 0 Å². The van der Waals surface area contributed by atoms with Gasteiger partial charge in [-0.25, -0.2) is 24.4 Å². The third-order valence-electron chi connectivity index (χ3n) is 9.19. The number of pyridine rings is 1. The molecule has 12 heteroatoms. The van der Waals surface area contributed by atoms with E-state index in [1.165, 1.54) is 18.4 Å². The van der Waals surface area contributed by atoms with E-state index >= 15 is 0 Å². The molecule has 7 rings (SSSR count). The number of nitrogens with one attached hydrogen (secondary N) is 1. The lowest BCUT2D eigenvalue weighted by Gasteiger charge is -2.34. The van der Waals surface area contributed by atoms with Crippen LogP contribution in [0.25, 0.3) is 22.4 Å². The van der Waals surface area contributed by atoms with Gasteiger partial charge >= 0.3 is 18.1 Å². The van der Waals surface area contributed by atoms with Gasteiger partial charge in [-0.1, -0.05) is 66.7 Å². The number of anilines is 3. The summed E-state index contributed by atoms with van der Waals surface area (Å²) in [6, 6.07) is 34.2. The Bertz CT molecular complexity index is 2380. The second-order valence-electron chi connectivity index (χ2n) is 14.5. The summed E-state index contributed by atoms with van der Waals surface area (Å²) < 4.78 is 16.7. The van der Waals surface area contributed by atoms with Crippen molar-refractivity contribution in [2.75, 3.05) is 28.8 Å². The summed E-state index contributed by atoms with van der Waals surface area (Å²) in [6.45, 7) is 6.59. The minimum absolute atomic E-state index is 0.153. The average molecular weight is 782 g/mol. The molecule has 1 aliphatic rings. The number of nitrogens with zero attached hydrogens (tertiary/aromatic N) is 4. The van der Waals surface area contributed by atoms with E-state index in [1.54, 1.807) is 56.1 Å². The fourth-order valence-corrected chi connectivity index (χ4v) is 7.23. The number of thiazole rings is 1. The van der Waals surface area contributed by atoms with Gasteiger partial charge in [-0.15, -0.1) is 11.3 Å². The molecule has 0 unspecified atom stereocenters. The fourth-order valence-electron chi connectivity index (χ4n) is 6.60. The van der Waals surface area contributed by atoms with Crippen LogP contribution < -0.4 is 19.9 Å². The first-order valence-corrected chi connectivity index (χ1v) is 19.5. The van der Waals surface area contributed by atoms with E-state index < -0.39 is 17.7 Å². The Balaban J connectivity index is 1.12. The molecule has 1 aliphatic heterocycles. The van der Waals surface area contributed by atoms with E-state index in [-0.39, 0.29) is 18.3 Å². The van der Waals surface area contributed by atoms with Crippen LogP contribution in [0.5, 0.6) is 5.75 Å². The van der Waals surface area contributed by atoms with Crippen molar-refractivity contribution in [3.05, 3.63) is 143 Å². The molecule has 290 valence electrons. The summed E-state index contributed by atoms with van der Waals surface area (Å²) in [5.41, 5.74) is 6.52. The van der Waals surface area contributed by atoms with Crippen LogP contribution in [0.2, 0.25) is 0 Å². The number of fused-ring (bicyclic) bond motifs is 1. The second-order valence-corrected chi connectivity index (χ2v) is 15.4. The zero-order valence-electron chi connectivity index (χ0n) is 32.2. The Morgan fingerprint density at radius 2 is 1.68 bits per heavy atom. The smallest absolute Gasteiger partial charge is 0.412 e. The van der Waals surface area contributed by atoms with Crippen LogP contribution in [-0.4, -0.2) is 47.3 Å². The van der Waals surface area contributed by atoms with E-state index in [0.29, 0.717) is 40.9 Å². The van der Waals surface area contributed by atoms with Crippen molar-refractivity contribution in [1.29, 1.82) is 0 Å². The highest BCUT2D eigenvalue weighted by atomic mass is 32.1. The van der Waals surface area contributed by atoms with Gasteiger partial charge in [0.2, 0.25) is 0 Å². The fraction of sp³-hybridized carbons (Fsp3) is 0.222. The van der Waals surface area contributed by atoms with Gasteiger partial charge in [-0.2, -0.15) is 0 Å². The number of ether oxygens (including phenoxy) is 3. The van der Waals surface area contributed by atoms with Crippen LogP contribution in [0.3, 0.4) is 0 Å². The molecule has 57 heavy (non-hydrogen) atoms. The maximum atomic E-state index is 14.4. The number of aromatic nitrogens is 2. The van der Waals surface area contributed by atoms with Gasteiger partial charge in [0.15, 0.2) is 10.8 Å². The lowest BCUT2D eigenvalue weighted by molar-refractivity contribution is 0.0593. The van der Waals surface area contributed by atoms with Gasteiger partial charge in [0.25, 0.3) is 0 Å². The molecule has 2 aromatic heterocycles. The third kappa shape index (κ3) is 9.47. The SMILES string of the molecule is COC(=O)c1nc(-c2ccc3c(c2)N(C(=O)N(Cc2ccccc2)c2nccs2)CCC3)ccc1-c1cccc(COc2cccc(NC(=O)OC(C)(C)C)c2)c1. The Morgan fingerprint density at radius 3 is 2.46 bits per heavy atom. The van der Waals surface area contributed by atoms with Crippen LogP contribution in [0.4, 0.5) is 26.1 Å². The molecule has 3 heterocycles. The molecule has 0 fully saturated rings. The molecule has 0 saturated carbocycles. The number of urea groups is 1. The molecule has 0 radical (unpaired) electrons. The van der Waals surface area contributed by atoms with Crippen LogP contribution in [-0.2, 0) is 29.0 Å². The average Bonchev–Trinajstić information content (AvgIpc) is 3.76. The van der Waals surface area contributed by atoms with Crippen molar-refractivity contribution < 1.29 is 28.6 Å². The third-order valence-corrected chi connectivity index (χ3v) is 9.99. The predicted octanol–water partition coefficient (Wildman–Crippen LogP) is 10.2. The summed E-state index contributed by atoms with van der Waals surface area (Å²) in [6.07, 6.45) is 2.83. The van der Waals surface area contributed by atoms with E-state index in [2.05, 4.69) is 10.3 Å². The van der Waals surface area contributed by atoms with Crippen LogP contribution in [0, 0.1) is 0 Å². The number of aryl methyl sites for hydroxylation is 1. The Morgan fingerprint density at radius 1 is 0.877 bits per heavy atom. The number of hydrogen-bond acceptors (Lipinski definition) is 9. The van der Waals surface area contributed by atoms with Crippen LogP contribution in [0.15, 0.2) is 121 Å². The maximum absolute atomic E-state index is 14.4. The summed E-state index contributed by atoms with van der Waals surface area (Å²) in [4.78, 5) is 52.8. The largest absolute Gasteiger partial charge is 0.489 e. The van der Waals surface area contributed by atoms with Crippen molar-refractivity contribution in [3.8, 4) is 28.1 Å². The summed E-state index contributed by atoms with van der Waals surface area (Å²) >= 11 is 1.43. The molecular weight excluding hydrogens is 739 g/mol. The van der Waals surface area contributed by atoms with E-state index in [4.69, 9.17) is 19.2 Å². The molecule has 0 saturated heterocycles. The zero-order valence-corrected chi connectivity index (χ0v) is 33.0. The monoisotopic (exact) mass is 781 g/mol. The molecule has 3 amide bonds. The maximum Gasteiger partial charge on any atom is 0.412 e. The highest BCUT2D eigenvalue weighted by Gasteiger charge is 2.30. The number of methoxy groups -OCH3 is 1. The Labute approximate surface area is 335 Å². The van der Waals surface area contributed by atoms with Gasteiger partial charge in [0, 0.05) is 46.7 Å². The minimum Gasteiger partial charge on any atom is -0.489 e. The first-order valence-electron chi connectivity index (χ1n) is 18.6. The van der Waals surface area contributed by atoms with Crippen molar-refractivity contribution in [2.45, 2.75) is 52.4 Å². The molecule has 0 bridgehead atoms. The lowest BCUT2D eigenvalue weighted by Crippen LogP contribution is -2.45. The number of amides is 3. The van der Waals surface area contributed by atoms with Gasteiger partial charge < -0.3 is 14.2 Å². The van der Waals surface area contributed by atoms with Crippen LogP contribution in [0.1, 0.15) is 54.4 Å². The first-order chi connectivity index (χ1) is 27.5. The second kappa shape index (κ2) is 17.1. The highest BCUT2D eigenvalue weighted by Crippen LogP contribution is 2.35. The number of hydrogen-bond donors (Lipinski definition) is 1. The number of carbonyl (C=O) groups excluding carboxylic acids is 3. The van der Waals surface area contributed by atoms with Crippen molar-refractivity contribution >= 4 is 45.9 Å². The van der Waals surface area contributed by atoms with Gasteiger partial charge in [-0.3, -0.25) is 15.1 Å². The predicted molar refractivity (Wildman–Crippen MR) is 223 cm³/mol. The lowest BCUT2D eigenvalue weighted by atomic mass is 9.97. The standard InChI is InChI=1S/C45H43N5O6S/c1-45(2,3)56-43(52)47-35-16-9-17-36(27-35)55-29-31-13-8-14-33(25-31)37-20-21-38(48-40(37)41(51)54-4)34-19-18-32-15-10-23-49(39(32)26-34)44(53)50(42-46-22-24-57-42)28-30-11-6-5-7-12-30/h5-9,11-14,16-22,24-27H,10,15,23,28-29H2,1-4H3,(H,47,52). The molecular formula is C45H43N5O6S.